The molecule has 166 valence electrons. The number of hydrogen-bond acceptors (Lipinski definition) is 6. The normalized spacial score (nSPS) is 17.4. The van der Waals surface area contributed by atoms with Crippen molar-refractivity contribution in [3.8, 4) is 0 Å². The van der Waals surface area contributed by atoms with E-state index < -0.39 is 30.3 Å². The lowest BCUT2D eigenvalue weighted by Gasteiger charge is -2.17. The third kappa shape index (κ3) is 4.62. The highest BCUT2D eigenvalue weighted by Gasteiger charge is 2.38. The first-order chi connectivity index (χ1) is 15.3. The molecule has 1 saturated heterocycles. The van der Waals surface area contributed by atoms with Gasteiger partial charge in [-0.3, -0.25) is 19.3 Å². The number of amides is 3. The average molecular weight is 477 g/mol. The van der Waals surface area contributed by atoms with Crippen LogP contribution in [0.5, 0.6) is 0 Å². The van der Waals surface area contributed by atoms with Crippen molar-refractivity contribution in [3.05, 3.63) is 63.1 Å². The van der Waals surface area contributed by atoms with Gasteiger partial charge in [-0.25, -0.2) is 4.79 Å². The van der Waals surface area contributed by atoms with Gasteiger partial charge in [-0.2, -0.15) is 0 Å². The van der Waals surface area contributed by atoms with Crippen LogP contribution in [0.25, 0.3) is 0 Å². The maximum Gasteiger partial charge on any atom is 0.338 e. The van der Waals surface area contributed by atoms with Crippen molar-refractivity contribution in [1.82, 2.24) is 4.90 Å². The first-order valence-electron chi connectivity index (χ1n) is 9.87. The highest BCUT2D eigenvalue weighted by atomic mass is 35.5. The second-order valence-electron chi connectivity index (χ2n) is 7.36. The van der Waals surface area contributed by atoms with Crippen molar-refractivity contribution in [3.63, 3.8) is 0 Å². The molecule has 0 bridgehead atoms. The monoisotopic (exact) mass is 476 g/mol. The summed E-state index contributed by atoms with van der Waals surface area (Å²) in [7, 11) is 0. The number of anilines is 1. The van der Waals surface area contributed by atoms with Gasteiger partial charge in [0.1, 0.15) is 0 Å². The number of nitrogens with one attached hydrogen (secondary N) is 1. The Bertz CT molecular complexity index is 1110. The van der Waals surface area contributed by atoms with E-state index in [1.807, 2.05) is 0 Å². The maximum absolute atomic E-state index is 12.7. The standard InChI is InChI=1S/C22H18Cl2N2O6/c23-13-4-6-17(24)18(9-13)25-19(27)11-32-22(30)12-3-5-15-16(8-12)21(29)26(20(15)28)10-14-2-1-7-31-14/h3-6,8-9,14H,1-2,7,10-11H2,(H,25,27)/t14-/m0/s1. The number of rotatable bonds is 6. The second-order valence-corrected chi connectivity index (χ2v) is 8.21. The number of benzene rings is 2. The molecule has 2 aliphatic heterocycles. The zero-order chi connectivity index (χ0) is 22.8. The summed E-state index contributed by atoms with van der Waals surface area (Å²) < 4.78 is 10.5. The van der Waals surface area contributed by atoms with Gasteiger partial charge in [0.15, 0.2) is 6.61 Å². The van der Waals surface area contributed by atoms with Crippen LogP contribution in [0, 0.1) is 0 Å². The minimum absolute atomic E-state index is 0.0532. The van der Waals surface area contributed by atoms with Gasteiger partial charge in [0.25, 0.3) is 17.7 Å². The van der Waals surface area contributed by atoms with Crippen molar-refractivity contribution in [1.29, 1.82) is 0 Å². The maximum atomic E-state index is 12.7. The third-order valence-electron chi connectivity index (χ3n) is 5.15. The smallest absolute Gasteiger partial charge is 0.338 e. The highest BCUT2D eigenvalue weighted by Crippen LogP contribution is 2.27. The van der Waals surface area contributed by atoms with Gasteiger partial charge in [0, 0.05) is 11.6 Å². The van der Waals surface area contributed by atoms with Gasteiger partial charge in [-0.05, 0) is 49.2 Å². The molecule has 0 saturated carbocycles. The molecule has 8 nitrogen and oxygen atoms in total. The van der Waals surface area contributed by atoms with Crippen molar-refractivity contribution < 1.29 is 28.7 Å². The lowest BCUT2D eigenvalue weighted by molar-refractivity contribution is -0.119. The van der Waals surface area contributed by atoms with E-state index in [4.69, 9.17) is 32.7 Å². The van der Waals surface area contributed by atoms with Crippen LogP contribution >= 0.6 is 23.2 Å². The number of nitrogens with zero attached hydrogens (tertiary/aromatic N) is 1. The summed E-state index contributed by atoms with van der Waals surface area (Å²) in [6, 6.07) is 8.66. The molecule has 2 heterocycles. The van der Waals surface area contributed by atoms with Gasteiger partial charge >= 0.3 is 5.97 Å². The zero-order valence-electron chi connectivity index (χ0n) is 16.7. The Morgan fingerprint density at radius 1 is 1.09 bits per heavy atom. The molecule has 10 heteroatoms. The molecule has 0 aromatic heterocycles. The largest absolute Gasteiger partial charge is 0.452 e. The molecule has 3 amide bonds. The fourth-order valence-electron chi connectivity index (χ4n) is 3.57. The SMILES string of the molecule is O=C(COC(=O)c1ccc2c(c1)C(=O)N(C[C@@H]1CCCO1)C2=O)Nc1cc(Cl)ccc1Cl. The molecule has 2 aliphatic rings. The van der Waals surface area contributed by atoms with Gasteiger partial charge in [-0.15, -0.1) is 0 Å². The molecule has 1 atom stereocenters. The lowest BCUT2D eigenvalue weighted by atomic mass is 10.1. The first kappa shape index (κ1) is 22.3. The van der Waals surface area contributed by atoms with E-state index in [0.29, 0.717) is 11.6 Å². The number of ether oxygens (including phenoxy) is 2. The summed E-state index contributed by atoms with van der Waals surface area (Å²) in [5.41, 5.74) is 0.682. The molecule has 4 rings (SSSR count). The molecule has 0 radical (unpaired) electrons. The predicted octanol–water partition coefficient (Wildman–Crippen LogP) is 3.56. The highest BCUT2D eigenvalue weighted by molar-refractivity contribution is 6.35. The number of halogens is 2. The van der Waals surface area contributed by atoms with Crippen LogP contribution < -0.4 is 5.32 Å². The summed E-state index contributed by atoms with van der Waals surface area (Å²) >= 11 is 11.9. The van der Waals surface area contributed by atoms with E-state index in [2.05, 4.69) is 5.32 Å². The van der Waals surface area contributed by atoms with Crippen LogP contribution in [-0.2, 0) is 14.3 Å². The zero-order valence-corrected chi connectivity index (χ0v) is 18.2. The Labute approximate surface area is 193 Å². The van der Waals surface area contributed by atoms with Crippen molar-refractivity contribution in [2.75, 3.05) is 25.1 Å². The van der Waals surface area contributed by atoms with E-state index in [9.17, 15) is 19.2 Å². The van der Waals surface area contributed by atoms with Crippen molar-refractivity contribution in [2.24, 2.45) is 0 Å². The summed E-state index contributed by atoms with van der Waals surface area (Å²) in [5.74, 6) is -2.32. The summed E-state index contributed by atoms with van der Waals surface area (Å²) in [6.07, 6.45) is 1.50. The second kappa shape index (κ2) is 9.28. The molecular formula is C22H18Cl2N2O6. The quantitative estimate of drug-likeness (QED) is 0.504. The van der Waals surface area contributed by atoms with Crippen LogP contribution in [0.1, 0.15) is 43.9 Å². The molecule has 0 unspecified atom stereocenters. The first-order valence-corrected chi connectivity index (χ1v) is 10.6. The number of carbonyl (C=O) groups is 4. The lowest BCUT2D eigenvalue weighted by Crippen LogP contribution is -2.36. The molecular weight excluding hydrogens is 459 g/mol. The number of carbonyl (C=O) groups excluding carboxylic acids is 4. The molecule has 2 aromatic carbocycles. The van der Waals surface area contributed by atoms with Gasteiger partial charge in [0.2, 0.25) is 0 Å². The van der Waals surface area contributed by atoms with Crippen molar-refractivity contribution >= 4 is 52.6 Å². The molecule has 2 aromatic rings. The fraction of sp³-hybridized carbons (Fsp3) is 0.273. The van der Waals surface area contributed by atoms with E-state index in [1.165, 1.54) is 30.3 Å². The molecule has 0 aliphatic carbocycles. The van der Waals surface area contributed by atoms with Gasteiger partial charge in [-0.1, -0.05) is 23.2 Å². The van der Waals surface area contributed by atoms with Crippen LogP contribution in [-0.4, -0.2) is 54.5 Å². The fourth-order valence-corrected chi connectivity index (χ4v) is 3.91. The third-order valence-corrected chi connectivity index (χ3v) is 5.72. The summed E-state index contributed by atoms with van der Waals surface area (Å²) in [4.78, 5) is 50.9. The van der Waals surface area contributed by atoms with Crippen LogP contribution in [0.4, 0.5) is 5.69 Å². The summed E-state index contributed by atoms with van der Waals surface area (Å²) in [5, 5.41) is 3.17. The number of fused-ring (bicyclic) bond motifs is 1. The molecule has 1 N–H and O–H groups in total. The Kier molecular flexibility index (Phi) is 6.45. The Morgan fingerprint density at radius 2 is 1.88 bits per heavy atom. The molecule has 1 fully saturated rings. The van der Waals surface area contributed by atoms with Gasteiger partial charge in [0.05, 0.1) is 40.0 Å². The van der Waals surface area contributed by atoms with Crippen molar-refractivity contribution in [2.45, 2.75) is 18.9 Å². The Balaban J connectivity index is 1.39. The minimum atomic E-state index is -0.807. The molecule has 32 heavy (non-hydrogen) atoms. The van der Waals surface area contributed by atoms with Gasteiger partial charge < -0.3 is 14.8 Å². The van der Waals surface area contributed by atoms with E-state index in [0.717, 1.165) is 17.7 Å². The number of imide groups is 1. The number of esters is 1. The predicted molar refractivity (Wildman–Crippen MR) is 116 cm³/mol. The number of hydrogen-bond donors (Lipinski definition) is 1. The summed E-state index contributed by atoms with van der Waals surface area (Å²) in [6.45, 7) is 0.218. The Morgan fingerprint density at radius 3 is 2.62 bits per heavy atom. The minimum Gasteiger partial charge on any atom is -0.452 e. The van der Waals surface area contributed by atoms with Crippen LogP contribution in [0.3, 0.4) is 0 Å². The van der Waals surface area contributed by atoms with Crippen LogP contribution in [0.15, 0.2) is 36.4 Å². The van der Waals surface area contributed by atoms with Crippen LogP contribution in [0.2, 0.25) is 10.0 Å². The Hall–Kier alpha value is -2.94. The van der Waals surface area contributed by atoms with E-state index in [1.54, 1.807) is 6.07 Å². The topological polar surface area (TPSA) is 102 Å². The van der Waals surface area contributed by atoms with E-state index >= 15 is 0 Å². The average Bonchev–Trinajstić information content (AvgIpc) is 3.37. The molecule has 0 spiro atoms. The van der Waals surface area contributed by atoms with E-state index in [-0.39, 0.29) is 40.0 Å².